The Morgan fingerprint density at radius 3 is 2.67 bits per heavy atom. The lowest BCUT2D eigenvalue weighted by molar-refractivity contribution is 0.178. The van der Waals surface area contributed by atoms with Gasteiger partial charge in [0.2, 0.25) is 11.8 Å². The normalized spacial score (nSPS) is 22.5. The van der Waals surface area contributed by atoms with Gasteiger partial charge >= 0.3 is 0 Å². The molecule has 0 amide bonds. The average molecular weight is 375 g/mol. The number of aromatic nitrogens is 4. The predicted molar refractivity (Wildman–Crippen MR) is 98.9 cm³/mol. The summed E-state index contributed by atoms with van der Waals surface area (Å²) in [6.07, 6.45) is 9.89. The van der Waals surface area contributed by atoms with Crippen LogP contribution in [0.4, 0.5) is 16.0 Å². The highest BCUT2D eigenvalue weighted by Gasteiger charge is 2.26. The van der Waals surface area contributed by atoms with Crippen LogP contribution in [0.25, 0.3) is 0 Å². The van der Waals surface area contributed by atoms with Crippen molar-refractivity contribution < 1.29 is 13.9 Å². The quantitative estimate of drug-likeness (QED) is 0.785. The summed E-state index contributed by atoms with van der Waals surface area (Å²) in [4.78, 5) is 8.21. The molecule has 2 aromatic rings. The maximum Gasteiger partial charge on any atom is 0.256 e. The molecule has 0 spiro atoms. The van der Waals surface area contributed by atoms with Gasteiger partial charge in [-0.25, -0.2) is 4.98 Å². The van der Waals surface area contributed by atoms with E-state index in [1.165, 1.54) is 12.8 Å². The molecule has 8 heteroatoms. The maximum atomic E-state index is 14.1. The summed E-state index contributed by atoms with van der Waals surface area (Å²) in [5.41, 5.74) is 0.656. The van der Waals surface area contributed by atoms with E-state index in [1.807, 2.05) is 10.9 Å². The largest absolute Gasteiger partial charge is 0.478 e. The minimum atomic E-state index is -0.551. The van der Waals surface area contributed by atoms with E-state index in [9.17, 15) is 4.39 Å². The monoisotopic (exact) mass is 375 g/mol. The third-order valence-corrected chi connectivity index (χ3v) is 5.36. The minimum Gasteiger partial charge on any atom is -0.478 e. The molecule has 7 nitrogen and oxygen atoms in total. The van der Waals surface area contributed by atoms with Gasteiger partial charge in [-0.05, 0) is 37.5 Å². The molecule has 0 aromatic carbocycles. The van der Waals surface area contributed by atoms with Gasteiger partial charge in [-0.3, -0.25) is 4.68 Å². The molecule has 27 heavy (non-hydrogen) atoms. The lowest BCUT2D eigenvalue weighted by Gasteiger charge is -2.25. The second-order valence-corrected chi connectivity index (χ2v) is 7.67. The molecular formula is C19H26FN5O2. The minimum absolute atomic E-state index is 0.0142. The van der Waals surface area contributed by atoms with Crippen molar-refractivity contribution in [1.82, 2.24) is 19.7 Å². The molecule has 146 valence electrons. The van der Waals surface area contributed by atoms with Gasteiger partial charge in [-0.2, -0.15) is 9.37 Å². The first-order chi connectivity index (χ1) is 13.1. The van der Waals surface area contributed by atoms with Crippen molar-refractivity contribution in [3.63, 3.8) is 0 Å². The van der Waals surface area contributed by atoms with Crippen molar-refractivity contribution >= 4 is 11.6 Å². The van der Waals surface area contributed by atoms with E-state index in [0.717, 1.165) is 37.8 Å². The summed E-state index contributed by atoms with van der Waals surface area (Å²) in [7, 11) is 1.57. The van der Waals surface area contributed by atoms with Crippen molar-refractivity contribution in [2.75, 3.05) is 19.0 Å². The van der Waals surface area contributed by atoms with E-state index in [4.69, 9.17) is 9.47 Å². The molecule has 0 bridgehead atoms. The number of nitrogens with zero attached hydrogens (tertiary/aromatic N) is 4. The fourth-order valence-electron chi connectivity index (χ4n) is 3.46. The lowest BCUT2D eigenvalue weighted by atomic mass is 9.83. The lowest BCUT2D eigenvalue weighted by Crippen LogP contribution is -2.19. The van der Waals surface area contributed by atoms with Gasteiger partial charge in [0.05, 0.1) is 32.2 Å². The first-order valence-corrected chi connectivity index (χ1v) is 9.68. The maximum absolute atomic E-state index is 14.1. The first kappa shape index (κ1) is 18.0. The summed E-state index contributed by atoms with van der Waals surface area (Å²) in [6.45, 7) is 2.77. The number of ether oxygens (including phenoxy) is 2. The smallest absolute Gasteiger partial charge is 0.256 e. The molecule has 2 aliphatic carbocycles. The third-order valence-electron chi connectivity index (χ3n) is 5.36. The number of nitrogens with one attached hydrogen (secondary N) is 1. The van der Waals surface area contributed by atoms with Gasteiger partial charge < -0.3 is 14.8 Å². The van der Waals surface area contributed by atoms with Crippen LogP contribution < -0.4 is 14.8 Å². The van der Waals surface area contributed by atoms with Crippen LogP contribution in [0.1, 0.15) is 51.5 Å². The molecule has 0 atom stereocenters. The van der Waals surface area contributed by atoms with Gasteiger partial charge in [-0.15, -0.1) is 5.10 Å². The summed E-state index contributed by atoms with van der Waals surface area (Å²) >= 11 is 0. The molecule has 0 saturated heterocycles. The Morgan fingerprint density at radius 1 is 1.19 bits per heavy atom. The Kier molecular flexibility index (Phi) is 5.13. The van der Waals surface area contributed by atoms with Gasteiger partial charge in [0.25, 0.3) is 11.8 Å². The van der Waals surface area contributed by atoms with Gasteiger partial charge in [0.15, 0.2) is 0 Å². The fraction of sp³-hybridized carbons (Fsp3) is 0.632. The standard InChI is InChI=1S/C19H26FN5O2/c1-12-3-5-13(6-4-12)11-27-17-15(20)9-21-19(23-17)22-16-10-25(14-7-8-14)24-18(16)26-2/h9-10,12-14H,3-8,11H2,1-2H3,(H,21,22,23)/t12-,13-. The van der Waals surface area contributed by atoms with Crippen molar-refractivity contribution in [3.8, 4) is 11.8 Å². The number of halogens is 1. The van der Waals surface area contributed by atoms with Crippen molar-refractivity contribution in [3.05, 3.63) is 18.2 Å². The van der Waals surface area contributed by atoms with Crippen LogP contribution in [0.2, 0.25) is 0 Å². The van der Waals surface area contributed by atoms with Crippen molar-refractivity contribution in [2.24, 2.45) is 11.8 Å². The van der Waals surface area contributed by atoms with Crippen LogP contribution in [-0.2, 0) is 0 Å². The van der Waals surface area contributed by atoms with Crippen LogP contribution in [0.3, 0.4) is 0 Å². The molecule has 0 radical (unpaired) electrons. The molecule has 2 heterocycles. The zero-order valence-corrected chi connectivity index (χ0v) is 15.8. The summed E-state index contributed by atoms with van der Waals surface area (Å²) < 4.78 is 26.9. The number of hydrogen-bond acceptors (Lipinski definition) is 6. The SMILES string of the molecule is COc1nn(C2CC2)cc1Nc1ncc(F)c(OC[C@H]2CC[C@H](C)CC2)n1. The molecule has 2 aliphatic rings. The van der Waals surface area contributed by atoms with E-state index in [0.29, 0.717) is 30.1 Å². The Balaban J connectivity index is 1.42. The van der Waals surface area contributed by atoms with Gasteiger partial charge in [0.1, 0.15) is 5.69 Å². The number of anilines is 2. The predicted octanol–water partition coefficient (Wildman–Crippen LogP) is 4.10. The Labute approximate surface area is 158 Å². The highest BCUT2D eigenvalue weighted by Crippen LogP contribution is 2.37. The number of rotatable bonds is 7. The van der Waals surface area contributed by atoms with Crippen LogP contribution in [0.5, 0.6) is 11.8 Å². The zero-order valence-electron chi connectivity index (χ0n) is 15.8. The highest BCUT2D eigenvalue weighted by atomic mass is 19.1. The molecule has 2 fully saturated rings. The molecule has 0 aliphatic heterocycles. The molecular weight excluding hydrogens is 349 g/mol. The van der Waals surface area contributed by atoms with Crippen LogP contribution in [0.15, 0.2) is 12.4 Å². The second kappa shape index (κ2) is 7.70. The van der Waals surface area contributed by atoms with Crippen molar-refractivity contribution in [1.29, 1.82) is 0 Å². The number of methoxy groups -OCH3 is 1. The van der Waals surface area contributed by atoms with Crippen LogP contribution >= 0.6 is 0 Å². The van der Waals surface area contributed by atoms with Gasteiger partial charge in [0, 0.05) is 0 Å². The van der Waals surface area contributed by atoms with E-state index < -0.39 is 5.82 Å². The number of hydrogen-bond donors (Lipinski definition) is 1. The summed E-state index contributed by atoms with van der Waals surface area (Å²) in [5, 5.41) is 7.46. The van der Waals surface area contributed by atoms with E-state index in [1.54, 1.807) is 7.11 Å². The molecule has 0 unspecified atom stereocenters. The van der Waals surface area contributed by atoms with E-state index in [2.05, 4.69) is 27.3 Å². The van der Waals surface area contributed by atoms with E-state index in [-0.39, 0.29) is 11.8 Å². The van der Waals surface area contributed by atoms with Crippen LogP contribution in [0, 0.1) is 17.7 Å². The Morgan fingerprint density at radius 2 is 1.96 bits per heavy atom. The Bertz CT molecular complexity index is 784. The van der Waals surface area contributed by atoms with Crippen LogP contribution in [-0.4, -0.2) is 33.5 Å². The zero-order chi connectivity index (χ0) is 18.8. The van der Waals surface area contributed by atoms with E-state index >= 15 is 0 Å². The Hall–Kier alpha value is -2.38. The molecule has 1 N–H and O–H groups in total. The average Bonchev–Trinajstić information content (AvgIpc) is 3.44. The molecule has 2 saturated carbocycles. The van der Waals surface area contributed by atoms with Crippen molar-refractivity contribution in [2.45, 2.75) is 51.5 Å². The third kappa shape index (κ3) is 4.31. The highest BCUT2D eigenvalue weighted by molar-refractivity contribution is 5.59. The topological polar surface area (TPSA) is 74.1 Å². The molecule has 4 rings (SSSR count). The fourth-order valence-corrected chi connectivity index (χ4v) is 3.46. The second-order valence-electron chi connectivity index (χ2n) is 7.67. The first-order valence-electron chi connectivity index (χ1n) is 9.68. The molecule has 2 aromatic heterocycles. The summed E-state index contributed by atoms with van der Waals surface area (Å²) in [5.74, 6) is 1.40. The summed E-state index contributed by atoms with van der Waals surface area (Å²) in [6, 6.07) is 0.431. The van der Waals surface area contributed by atoms with Gasteiger partial charge in [-0.1, -0.05) is 19.8 Å².